The molecule has 3 N–H and O–H groups in total. The van der Waals surface area contributed by atoms with E-state index >= 15 is 0 Å². The first kappa shape index (κ1) is 11.4. The Labute approximate surface area is 88.9 Å². The molecule has 0 saturated carbocycles. The number of aliphatic hydroxyl groups excluding tert-OH is 1. The minimum Gasteiger partial charge on any atom is -0.389 e. The Hall–Kier alpha value is -0.680. The molecule has 1 aliphatic heterocycles. The third-order valence-corrected chi connectivity index (χ3v) is 2.70. The maximum absolute atomic E-state index is 9.16. The summed E-state index contributed by atoms with van der Waals surface area (Å²) in [7, 11) is 0. The van der Waals surface area contributed by atoms with Crippen LogP contribution in [0.25, 0.3) is 0 Å². The molecule has 5 heteroatoms. The van der Waals surface area contributed by atoms with Gasteiger partial charge in [0, 0.05) is 24.6 Å². The predicted octanol–water partition coefficient (Wildman–Crippen LogP) is -0.185. The molecule has 80 valence electrons. The minimum absolute atomic E-state index is 0.337. The highest BCUT2D eigenvalue weighted by Gasteiger charge is 2.10. The van der Waals surface area contributed by atoms with Gasteiger partial charge in [0.25, 0.3) is 0 Å². The van der Waals surface area contributed by atoms with Gasteiger partial charge in [-0.1, -0.05) is 6.08 Å². The lowest BCUT2D eigenvalue weighted by atomic mass is 10.3. The topological polar surface area (TPSA) is 56.7 Å². The first-order valence-corrected chi connectivity index (χ1v) is 5.87. The van der Waals surface area contributed by atoms with Gasteiger partial charge in [-0.05, 0) is 0 Å². The van der Waals surface area contributed by atoms with E-state index in [4.69, 9.17) is 5.11 Å². The van der Waals surface area contributed by atoms with Crippen molar-refractivity contribution >= 4 is 17.7 Å². The minimum atomic E-state index is -0.337. The van der Waals surface area contributed by atoms with Gasteiger partial charge in [-0.2, -0.15) is 11.8 Å². The van der Waals surface area contributed by atoms with Gasteiger partial charge in [0.1, 0.15) is 0 Å². The van der Waals surface area contributed by atoms with Crippen molar-refractivity contribution in [2.24, 2.45) is 4.99 Å². The van der Waals surface area contributed by atoms with Crippen LogP contribution in [0.3, 0.4) is 0 Å². The van der Waals surface area contributed by atoms with Crippen LogP contribution in [0.4, 0.5) is 0 Å². The summed E-state index contributed by atoms with van der Waals surface area (Å²) in [4.78, 5) is 4.14. The van der Waals surface area contributed by atoms with Crippen LogP contribution in [0.1, 0.15) is 0 Å². The number of aliphatic hydroxyl groups is 1. The molecule has 0 aromatic rings. The molecule has 0 amide bonds. The number of hydrogen-bond acceptors (Lipinski definition) is 5. The average molecular weight is 215 g/mol. The SMILES string of the molecule is C=CCSCCNC1=NCC(O)CN1. The number of nitrogens with one attached hydrogen (secondary N) is 2. The lowest BCUT2D eigenvalue weighted by Crippen LogP contribution is -2.46. The molecule has 1 heterocycles. The number of β-amino-alcohol motifs (C(OH)–C–C–N with tert-alkyl or cyclic N) is 1. The van der Waals surface area contributed by atoms with Crippen molar-refractivity contribution in [3.05, 3.63) is 12.7 Å². The Morgan fingerprint density at radius 1 is 1.79 bits per heavy atom. The number of thioether (sulfide) groups is 1. The van der Waals surface area contributed by atoms with Crippen LogP contribution in [0.5, 0.6) is 0 Å². The molecule has 0 aromatic heterocycles. The van der Waals surface area contributed by atoms with Crippen molar-refractivity contribution in [2.75, 3.05) is 31.1 Å². The lowest BCUT2D eigenvalue weighted by molar-refractivity contribution is 0.180. The molecule has 0 bridgehead atoms. The molecule has 1 rings (SSSR count). The molecule has 1 atom stereocenters. The fourth-order valence-electron chi connectivity index (χ4n) is 1.06. The third kappa shape index (κ3) is 4.53. The second kappa shape index (κ2) is 6.73. The standard InChI is InChI=1S/C9H17N3OS/c1-2-4-14-5-3-10-9-11-6-8(13)7-12-9/h2,8,13H,1,3-7H2,(H2,10,11,12). The number of nitrogens with zero attached hydrogens (tertiary/aromatic N) is 1. The number of aliphatic imine (C=N–C) groups is 1. The molecule has 0 fully saturated rings. The van der Waals surface area contributed by atoms with Crippen LogP contribution in [0, 0.1) is 0 Å². The summed E-state index contributed by atoms with van der Waals surface area (Å²) in [5.74, 6) is 2.82. The zero-order valence-corrected chi connectivity index (χ0v) is 9.02. The van der Waals surface area contributed by atoms with Gasteiger partial charge in [0.05, 0.1) is 12.6 Å². The van der Waals surface area contributed by atoms with E-state index in [9.17, 15) is 0 Å². The molecule has 0 aliphatic carbocycles. The van der Waals surface area contributed by atoms with Gasteiger partial charge in [-0.25, -0.2) is 0 Å². The van der Waals surface area contributed by atoms with Crippen molar-refractivity contribution in [3.63, 3.8) is 0 Å². The normalized spacial score (nSPS) is 20.9. The van der Waals surface area contributed by atoms with Crippen LogP contribution < -0.4 is 10.6 Å². The lowest BCUT2D eigenvalue weighted by Gasteiger charge is -2.19. The second-order valence-corrected chi connectivity index (χ2v) is 4.16. The molecule has 14 heavy (non-hydrogen) atoms. The molecule has 0 radical (unpaired) electrons. The molecular weight excluding hydrogens is 198 g/mol. The molecular formula is C9H17N3OS. The fraction of sp³-hybridized carbons (Fsp3) is 0.667. The van der Waals surface area contributed by atoms with Crippen LogP contribution >= 0.6 is 11.8 Å². The Morgan fingerprint density at radius 2 is 2.64 bits per heavy atom. The number of guanidine groups is 1. The molecule has 1 unspecified atom stereocenters. The highest BCUT2D eigenvalue weighted by molar-refractivity contribution is 7.99. The van der Waals surface area contributed by atoms with Gasteiger partial charge < -0.3 is 15.7 Å². The Morgan fingerprint density at radius 3 is 3.29 bits per heavy atom. The highest BCUT2D eigenvalue weighted by Crippen LogP contribution is 1.97. The molecule has 0 spiro atoms. The van der Waals surface area contributed by atoms with E-state index in [2.05, 4.69) is 22.2 Å². The molecule has 0 aromatic carbocycles. The molecule has 4 nitrogen and oxygen atoms in total. The van der Waals surface area contributed by atoms with Crippen LogP contribution in [0.2, 0.25) is 0 Å². The summed E-state index contributed by atoms with van der Waals surface area (Å²) in [6, 6.07) is 0. The number of rotatable bonds is 5. The van der Waals surface area contributed by atoms with E-state index in [1.165, 1.54) is 0 Å². The Balaban J connectivity index is 2.04. The quantitative estimate of drug-likeness (QED) is 0.440. The largest absolute Gasteiger partial charge is 0.389 e. The maximum Gasteiger partial charge on any atom is 0.191 e. The van der Waals surface area contributed by atoms with Gasteiger partial charge >= 0.3 is 0 Å². The van der Waals surface area contributed by atoms with Crippen LogP contribution in [0.15, 0.2) is 17.6 Å². The van der Waals surface area contributed by atoms with E-state index in [0.717, 1.165) is 24.0 Å². The van der Waals surface area contributed by atoms with E-state index in [1.807, 2.05) is 17.8 Å². The summed E-state index contributed by atoms with van der Waals surface area (Å²) >= 11 is 1.83. The third-order valence-electron chi connectivity index (χ3n) is 1.74. The second-order valence-electron chi connectivity index (χ2n) is 3.01. The first-order valence-electron chi connectivity index (χ1n) is 4.72. The van der Waals surface area contributed by atoms with Gasteiger partial charge in [-0.3, -0.25) is 4.99 Å². The van der Waals surface area contributed by atoms with Crippen molar-refractivity contribution in [1.82, 2.24) is 10.6 Å². The zero-order chi connectivity index (χ0) is 10.2. The van der Waals surface area contributed by atoms with Crippen LogP contribution in [-0.4, -0.2) is 48.3 Å². The highest BCUT2D eigenvalue weighted by atomic mass is 32.2. The van der Waals surface area contributed by atoms with E-state index in [-0.39, 0.29) is 6.10 Å². The number of hydrogen-bond donors (Lipinski definition) is 3. The molecule has 1 aliphatic rings. The summed E-state index contributed by atoms with van der Waals surface area (Å²) < 4.78 is 0. The van der Waals surface area contributed by atoms with Gasteiger partial charge in [0.2, 0.25) is 0 Å². The van der Waals surface area contributed by atoms with Gasteiger partial charge in [-0.15, -0.1) is 6.58 Å². The van der Waals surface area contributed by atoms with E-state index in [0.29, 0.717) is 13.1 Å². The van der Waals surface area contributed by atoms with Crippen LogP contribution in [-0.2, 0) is 0 Å². The van der Waals surface area contributed by atoms with Crippen molar-refractivity contribution in [2.45, 2.75) is 6.10 Å². The fourth-order valence-corrected chi connectivity index (χ4v) is 1.64. The van der Waals surface area contributed by atoms with Crippen molar-refractivity contribution in [3.8, 4) is 0 Å². The maximum atomic E-state index is 9.16. The summed E-state index contributed by atoms with van der Waals surface area (Å²) in [5.41, 5.74) is 0. The van der Waals surface area contributed by atoms with E-state index in [1.54, 1.807) is 0 Å². The summed E-state index contributed by atoms with van der Waals surface area (Å²) in [5, 5.41) is 15.3. The average Bonchev–Trinajstić information content (AvgIpc) is 2.21. The Kier molecular flexibility index (Phi) is 5.47. The summed E-state index contributed by atoms with van der Waals surface area (Å²) in [6.45, 7) is 5.62. The monoisotopic (exact) mass is 215 g/mol. The first-order chi connectivity index (χ1) is 6.83. The van der Waals surface area contributed by atoms with E-state index < -0.39 is 0 Å². The predicted molar refractivity (Wildman–Crippen MR) is 61.8 cm³/mol. The summed E-state index contributed by atoms with van der Waals surface area (Å²) in [6.07, 6.45) is 1.56. The van der Waals surface area contributed by atoms with Crippen molar-refractivity contribution in [1.29, 1.82) is 0 Å². The Bertz CT molecular complexity index is 208. The van der Waals surface area contributed by atoms with Crippen molar-refractivity contribution < 1.29 is 5.11 Å². The molecule has 0 saturated heterocycles. The van der Waals surface area contributed by atoms with Gasteiger partial charge in [0.15, 0.2) is 5.96 Å². The zero-order valence-electron chi connectivity index (χ0n) is 8.20. The smallest absolute Gasteiger partial charge is 0.191 e.